The highest BCUT2D eigenvalue weighted by atomic mass is 16.6. The van der Waals surface area contributed by atoms with Crippen molar-refractivity contribution in [2.45, 2.75) is 25.7 Å². The van der Waals surface area contributed by atoms with Gasteiger partial charge in [-0.25, -0.2) is 4.98 Å². The van der Waals surface area contributed by atoms with Gasteiger partial charge in [0.15, 0.2) is 0 Å². The van der Waals surface area contributed by atoms with Gasteiger partial charge in [-0.2, -0.15) is 5.26 Å². The van der Waals surface area contributed by atoms with Crippen molar-refractivity contribution in [1.29, 1.82) is 5.26 Å². The molecule has 0 unspecified atom stereocenters. The van der Waals surface area contributed by atoms with Crippen LogP contribution in [0.1, 0.15) is 31.2 Å². The van der Waals surface area contributed by atoms with Crippen LogP contribution in [0.25, 0.3) is 10.9 Å². The molecule has 3 heterocycles. The number of carbonyl (C=O) groups excluding carboxylic acids is 1. The molecule has 0 radical (unpaired) electrons. The van der Waals surface area contributed by atoms with Crippen LogP contribution in [0.15, 0.2) is 24.3 Å². The molecule has 1 amide bonds. The molecule has 1 aromatic carbocycles. The summed E-state index contributed by atoms with van der Waals surface area (Å²) in [5.41, 5.74) is 0.891. The van der Waals surface area contributed by atoms with Crippen molar-refractivity contribution in [2.75, 3.05) is 50.7 Å². The summed E-state index contributed by atoms with van der Waals surface area (Å²) >= 11 is 0. The smallest absolute Gasteiger partial charge is 0.270 e. The van der Waals surface area contributed by atoms with Crippen molar-refractivity contribution in [3.63, 3.8) is 0 Å². The molecule has 162 valence electrons. The molecule has 31 heavy (non-hydrogen) atoms. The highest BCUT2D eigenvalue weighted by Crippen LogP contribution is 2.27. The number of carbonyl (C=O) groups is 1. The quantitative estimate of drug-likeness (QED) is 0.550. The van der Waals surface area contributed by atoms with Crippen LogP contribution >= 0.6 is 0 Å². The van der Waals surface area contributed by atoms with Crippen LogP contribution in [0.3, 0.4) is 0 Å². The number of pyridine rings is 1. The molecule has 2 aromatic rings. The van der Waals surface area contributed by atoms with E-state index >= 15 is 0 Å². The number of nitro benzene ring substituents is 1. The second kappa shape index (κ2) is 9.27. The molecule has 9 nitrogen and oxygen atoms in total. The number of nitro groups is 1. The molecule has 2 saturated heterocycles. The topological polar surface area (TPSA) is 107 Å². The van der Waals surface area contributed by atoms with Gasteiger partial charge in [-0.05, 0) is 25.0 Å². The Bertz CT molecular complexity index is 1020. The van der Waals surface area contributed by atoms with Gasteiger partial charge >= 0.3 is 0 Å². The SMILES string of the molecule is N#Cc1cc(N2CCN(CC(=O)N3CCCCCC3)CC2)nc2ccc([N+](=O)[O-])cc12. The number of piperazine rings is 1. The molecule has 0 atom stereocenters. The van der Waals surface area contributed by atoms with Gasteiger partial charge < -0.3 is 9.80 Å². The summed E-state index contributed by atoms with van der Waals surface area (Å²) in [6.07, 6.45) is 4.60. The van der Waals surface area contributed by atoms with Crippen LogP contribution in [-0.2, 0) is 4.79 Å². The Hall–Kier alpha value is -3.25. The van der Waals surface area contributed by atoms with E-state index in [2.05, 4.69) is 20.9 Å². The largest absolute Gasteiger partial charge is 0.354 e. The maximum atomic E-state index is 12.7. The summed E-state index contributed by atoms with van der Waals surface area (Å²) in [6.45, 7) is 5.12. The normalized spacial score (nSPS) is 17.9. The van der Waals surface area contributed by atoms with Gasteiger partial charge in [0.2, 0.25) is 5.91 Å². The lowest BCUT2D eigenvalue weighted by Crippen LogP contribution is -2.50. The average molecular weight is 422 g/mol. The van der Waals surface area contributed by atoms with Gasteiger partial charge in [-0.15, -0.1) is 0 Å². The fourth-order valence-electron chi connectivity index (χ4n) is 4.31. The molecule has 0 saturated carbocycles. The molecule has 0 N–H and O–H groups in total. The molecule has 9 heteroatoms. The zero-order valence-corrected chi connectivity index (χ0v) is 17.5. The van der Waals surface area contributed by atoms with E-state index in [-0.39, 0.29) is 11.6 Å². The third-order valence-corrected chi connectivity index (χ3v) is 6.12. The molecule has 2 aliphatic rings. The van der Waals surface area contributed by atoms with Crippen molar-refractivity contribution in [3.05, 3.63) is 39.9 Å². The number of aromatic nitrogens is 1. The second-order valence-corrected chi connectivity index (χ2v) is 8.16. The zero-order valence-electron chi connectivity index (χ0n) is 17.5. The Morgan fingerprint density at radius 1 is 1.06 bits per heavy atom. The minimum atomic E-state index is -0.472. The maximum absolute atomic E-state index is 12.7. The van der Waals surface area contributed by atoms with Gasteiger partial charge in [-0.3, -0.25) is 19.8 Å². The van der Waals surface area contributed by atoms with Crippen molar-refractivity contribution < 1.29 is 9.72 Å². The summed E-state index contributed by atoms with van der Waals surface area (Å²) in [5, 5.41) is 21.1. The predicted octanol–water partition coefficient (Wildman–Crippen LogP) is 2.54. The fourth-order valence-corrected chi connectivity index (χ4v) is 4.31. The Morgan fingerprint density at radius 3 is 2.42 bits per heavy atom. The molecule has 0 bridgehead atoms. The lowest BCUT2D eigenvalue weighted by atomic mass is 10.1. The van der Waals surface area contributed by atoms with E-state index < -0.39 is 4.92 Å². The molecule has 4 rings (SSSR count). The number of non-ortho nitro benzene ring substituents is 1. The van der Waals surface area contributed by atoms with E-state index in [9.17, 15) is 20.2 Å². The summed E-state index contributed by atoms with van der Waals surface area (Å²) in [5.74, 6) is 0.906. The molecular weight excluding hydrogens is 396 g/mol. The number of nitrogens with zero attached hydrogens (tertiary/aromatic N) is 6. The number of hydrogen-bond acceptors (Lipinski definition) is 7. The van der Waals surface area contributed by atoms with Crippen LogP contribution in [0.5, 0.6) is 0 Å². The molecular formula is C22H26N6O3. The minimum absolute atomic E-state index is 0.0544. The van der Waals surface area contributed by atoms with Crippen LogP contribution in [0.4, 0.5) is 11.5 Å². The Kier molecular flexibility index (Phi) is 6.28. The van der Waals surface area contributed by atoms with Gasteiger partial charge in [-0.1, -0.05) is 12.8 Å². The number of benzene rings is 1. The van der Waals surface area contributed by atoms with Crippen molar-refractivity contribution in [1.82, 2.24) is 14.8 Å². The molecule has 2 fully saturated rings. The summed E-state index contributed by atoms with van der Waals surface area (Å²) in [6, 6.07) is 8.24. The number of fused-ring (bicyclic) bond motifs is 1. The highest BCUT2D eigenvalue weighted by Gasteiger charge is 2.24. The Balaban J connectivity index is 1.42. The monoisotopic (exact) mass is 422 g/mol. The van der Waals surface area contributed by atoms with Crippen molar-refractivity contribution in [3.8, 4) is 6.07 Å². The molecule has 2 aliphatic heterocycles. The maximum Gasteiger partial charge on any atom is 0.270 e. The first-order valence-electron chi connectivity index (χ1n) is 10.8. The van der Waals surface area contributed by atoms with E-state index in [1.807, 2.05) is 4.90 Å². The first kappa shape index (κ1) is 21.0. The first-order valence-corrected chi connectivity index (χ1v) is 10.8. The second-order valence-electron chi connectivity index (χ2n) is 8.16. The predicted molar refractivity (Wildman–Crippen MR) is 117 cm³/mol. The van der Waals surface area contributed by atoms with E-state index in [4.69, 9.17) is 0 Å². The number of likely N-dealkylation sites (tertiary alicyclic amines) is 1. The van der Waals surface area contributed by atoms with Gasteiger partial charge in [0, 0.05) is 56.8 Å². The van der Waals surface area contributed by atoms with E-state index in [1.165, 1.54) is 25.0 Å². The Labute approximate surface area is 181 Å². The van der Waals surface area contributed by atoms with Gasteiger partial charge in [0.05, 0.1) is 28.6 Å². The molecule has 1 aromatic heterocycles. The number of hydrogen-bond donors (Lipinski definition) is 0. The van der Waals surface area contributed by atoms with Crippen molar-refractivity contribution in [2.24, 2.45) is 0 Å². The van der Waals surface area contributed by atoms with Gasteiger partial charge in [0.1, 0.15) is 5.82 Å². The highest BCUT2D eigenvalue weighted by molar-refractivity contribution is 5.88. The van der Waals surface area contributed by atoms with Crippen LogP contribution in [0, 0.1) is 21.4 Å². The van der Waals surface area contributed by atoms with Crippen LogP contribution < -0.4 is 4.90 Å². The lowest BCUT2D eigenvalue weighted by molar-refractivity contribution is -0.384. The lowest BCUT2D eigenvalue weighted by Gasteiger charge is -2.36. The van der Waals surface area contributed by atoms with Crippen LogP contribution in [-0.4, -0.2) is 71.4 Å². The average Bonchev–Trinajstić information content (AvgIpc) is 3.08. The number of rotatable bonds is 4. The Morgan fingerprint density at radius 2 is 1.77 bits per heavy atom. The minimum Gasteiger partial charge on any atom is -0.354 e. The third-order valence-electron chi connectivity index (χ3n) is 6.12. The van der Waals surface area contributed by atoms with E-state index in [0.29, 0.717) is 41.9 Å². The van der Waals surface area contributed by atoms with Crippen LogP contribution in [0.2, 0.25) is 0 Å². The number of nitriles is 1. The van der Waals surface area contributed by atoms with Crippen molar-refractivity contribution >= 4 is 28.3 Å². The standard InChI is InChI=1S/C22H26N6O3/c23-15-17-13-21(24-20-6-5-18(28(30)31)14-19(17)20)26-11-9-25(10-12-26)16-22(29)27-7-3-1-2-4-8-27/h5-6,13-14H,1-4,7-12,16H2. The fraction of sp³-hybridized carbons (Fsp3) is 0.500. The van der Waals surface area contributed by atoms with E-state index in [1.54, 1.807) is 12.1 Å². The summed E-state index contributed by atoms with van der Waals surface area (Å²) in [7, 11) is 0. The first-order chi connectivity index (χ1) is 15.0. The summed E-state index contributed by atoms with van der Waals surface area (Å²) in [4.78, 5) is 34.1. The number of amides is 1. The third kappa shape index (κ3) is 4.75. The number of anilines is 1. The van der Waals surface area contributed by atoms with E-state index in [0.717, 1.165) is 39.0 Å². The molecule has 0 aliphatic carbocycles. The summed E-state index contributed by atoms with van der Waals surface area (Å²) < 4.78 is 0. The molecule has 0 spiro atoms. The zero-order chi connectivity index (χ0) is 21.8. The van der Waals surface area contributed by atoms with Gasteiger partial charge in [0.25, 0.3) is 5.69 Å².